The Labute approximate surface area is 157 Å². The molecule has 0 aliphatic rings. The highest BCUT2D eigenvalue weighted by Crippen LogP contribution is 2.16. The van der Waals surface area contributed by atoms with Gasteiger partial charge in [-0.25, -0.2) is 4.79 Å². The number of hydrogen-bond donors (Lipinski definition) is 3. The van der Waals surface area contributed by atoms with Crippen LogP contribution in [0, 0.1) is 0 Å². The lowest BCUT2D eigenvalue weighted by Crippen LogP contribution is -2.34. The van der Waals surface area contributed by atoms with Crippen LogP contribution in [-0.2, 0) is 0 Å². The predicted octanol–water partition coefficient (Wildman–Crippen LogP) is 3.68. The second kappa shape index (κ2) is 9.68. The maximum atomic E-state index is 12.1. The first-order valence-electron chi connectivity index (χ1n) is 8.28. The van der Waals surface area contributed by atoms with Crippen LogP contribution in [0.15, 0.2) is 48.5 Å². The van der Waals surface area contributed by atoms with Crippen LogP contribution in [0.3, 0.4) is 0 Å². The normalized spacial score (nSPS) is 10.3. The van der Waals surface area contributed by atoms with Crippen LogP contribution >= 0.6 is 11.6 Å². The number of ether oxygens (including phenoxy) is 1. The van der Waals surface area contributed by atoms with Gasteiger partial charge < -0.3 is 20.7 Å². The van der Waals surface area contributed by atoms with Gasteiger partial charge in [-0.3, -0.25) is 4.79 Å². The van der Waals surface area contributed by atoms with E-state index in [0.717, 1.165) is 0 Å². The Balaban J connectivity index is 1.76. The summed E-state index contributed by atoms with van der Waals surface area (Å²) >= 11 is 5.88. The third kappa shape index (κ3) is 6.64. The molecule has 0 saturated carbocycles. The summed E-state index contributed by atoms with van der Waals surface area (Å²) in [5.74, 6) is 0.444. The second-order valence-corrected chi connectivity index (χ2v) is 6.33. The number of rotatable bonds is 7. The highest BCUT2D eigenvalue weighted by molar-refractivity contribution is 6.30. The van der Waals surface area contributed by atoms with Gasteiger partial charge in [0.05, 0.1) is 6.54 Å². The number of anilines is 1. The van der Waals surface area contributed by atoms with E-state index in [-0.39, 0.29) is 18.0 Å². The van der Waals surface area contributed by atoms with Crippen LogP contribution < -0.4 is 20.7 Å². The maximum absolute atomic E-state index is 12.1. The van der Waals surface area contributed by atoms with Gasteiger partial charge in [-0.05, 0) is 56.3 Å². The minimum absolute atomic E-state index is 0.0502. The highest BCUT2D eigenvalue weighted by Gasteiger charge is 2.07. The standard InChI is InChI=1S/C19H22ClN3O3/c1-13(2)22-19(25)23-16-8-6-14(7-9-16)18(24)21-10-11-26-17-5-3-4-15(20)12-17/h3-9,12-13H,10-11H2,1-2H3,(H,21,24)(H2,22,23,25). The molecule has 3 N–H and O–H groups in total. The Morgan fingerprint density at radius 1 is 1.12 bits per heavy atom. The van der Waals surface area contributed by atoms with Crippen LogP contribution in [0.25, 0.3) is 0 Å². The molecule has 0 aliphatic carbocycles. The molecule has 0 unspecified atom stereocenters. The highest BCUT2D eigenvalue weighted by atomic mass is 35.5. The quantitative estimate of drug-likeness (QED) is 0.646. The average molecular weight is 376 g/mol. The van der Waals surface area contributed by atoms with Gasteiger partial charge in [-0.1, -0.05) is 17.7 Å². The van der Waals surface area contributed by atoms with Gasteiger partial charge in [-0.2, -0.15) is 0 Å². The minimum Gasteiger partial charge on any atom is -0.492 e. The van der Waals surface area contributed by atoms with E-state index in [9.17, 15) is 9.59 Å². The van der Waals surface area contributed by atoms with E-state index in [1.165, 1.54) is 0 Å². The number of carbonyl (C=O) groups is 2. The summed E-state index contributed by atoms with van der Waals surface area (Å²) in [4.78, 5) is 23.7. The number of amides is 3. The second-order valence-electron chi connectivity index (χ2n) is 5.89. The smallest absolute Gasteiger partial charge is 0.319 e. The van der Waals surface area contributed by atoms with Crippen LogP contribution in [0.4, 0.5) is 10.5 Å². The Morgan fingerprint density at radius 3 is 2.50 bits per heavy atom. The van der Waals surface area contributed by atoms with E-state index in [4.69, 9.17) is 16.3 Å². The molecule has 0 fully saturated rings. The molecule has 6 nitrogen and oxygen atoms in total. The first-order chi connectivity index (χ1) is 12.4. The molecule has 0 aliphatic heterocycles. The van der Waals surface area contributed by atoms with Crippen LogP contribution in [0.2, 0.25) is 5.02 Å². The topological polar surface area (TPSA) is 79.5 Å². The van der Waals surface area contributed by atoms with Crippen molar-refractivity contribution < 1.29 is 14.3 Å². The lowest BCUT2D eigenvalue weighted by atomic mass is 10.2. The minimum atomic E-state index is -0.282. The van der Waals surface area contributed by atoms with E-state index >= 15 is 0 Å². The van der Waals surface area contributed by atoms with Crippen molar-refractivity contribution in [3.63, 3.8) is 0 Å². The molecule has 138 valence electrons. The molecule has 0 heterocycles. The fourth-order valence-corrected chi connectivity index (χ4v) is 2.31. The van der Waals surface area contributed by atoms with Crippen LogP contribution in [0.5, 0.6) is 5.75 Å². The van der Waals surface area contributed by atoms with Gasteiger partial charge in [-0.15, -0.1) is 0 Å². The average Bonchev–Trinajstić information content (AvgIpc) is 2.58. The van der Waals surface area contributed by atoms with Gasteiger partial charge in [0.25, 0.3) is 5.91 Å². The summed E-state index contributed by atoms with van der Waals surface area (Å²) in [6.07, 6.45) is 0. The third-order valence-electron chi connectivity index (χ3n) is 3.28. The predicted molar refractivity (Wildman–Crippen MR) is 103 cm³/mol. The van der Waals surface area contributed by atoms with Crippen molar-refractivity contribution in [2.24, 2.45) is 0 Å². The van der Waals surface area contributed by atoms with Crippen molar-refractivity contribution in [3.05, 3.63) is 59.1 Å². The van der Waals surface area contributed by atoms with E-state index in [1.54, 1.807) is 48.5 Å². The molecular formula is C19H22ClN3O3. The maximum Gasteiger partial charge on any atom is 0.319 e. The van der Waals surface area contributed by atoms with Crippen molar-refractivity contribution in [2.75, 3.05) is 18.5 Å². The van der Waals surface area contributed by atoms with Gasteiger partial charge >= 0.3 is 6.03 Å². The fraction of sp³-hybridized carbons (Fsp3) is 0.263. The zero-order chi connectivity index (χ0) is 18.9. The monoisotopic (exact) mass is 375 g/mol. The zero-order valence-corrected chi connectivity index (χ0v) is 15.5. The Hall–Kier alpha value is -2.73. The summed E-state index contributed by atoms with van der Waals surface area (Å²) in [7, 11) is 0. The molecule has 0 saturated heterocycles. The first kappa shape index (κ1) is 19.6. The summed E-state index contributed by atoms with van der Waals surface area (Å²) in [5.41, 5.74) is 1.12. The number of hydrogen-bond acceptors (Lipinski definition) is 3. The summed E-state index contributed by atoms with van der Waals surface area (Å²) < 4.78 is 5.51. The molecule has 2 aromatic carbocycles. The van der Waals surface area contributed by atoms with Gasteiger partial charge in [0.2, 0.25) is 0 Å². The number of carbonyl (C=O) groups excluding carboxylic acids is 2. The van der Waals surface area contributed by atoms with Crippen LogP contribution in [0.1, 0.15) is 24.2 Å². The van der Waals surface area contributed by atoms with Gasteiger partial charge in [0.15, 0.2) is 0 Å². The van der Waals surface area contributed by atoms with Crippen molar-refractivity contribution in [3.8, 4) is 5.75 Å². The van der Waals surface area contributed by atoms with Crippen LogP contribution in [-0.4, -0.2) is 31.1 Å². The summed E-state index contributed by atoms with van der Waals surface area (Å²) in [6, 6.07) is 13.5. The summed E-state index contributed by atoms with van der Waals surface area (Å²) in [6.45, 7) is 4.45. The third-order valence-corrected chi connectivity index (χ3v) is 3.51. The van der Waals surface area contributed by atoms with Crippen molar-refractivity contribution in [1.29, 1.82) is 0 Å². The molecule has 26 heavy (non-hydrogen) atoms. The molecule has 0 radical (unpaired) electrons. The number of benzene rings is 2. The largest absolute Gasteiger partial charge is 0.492 e. The molecule has 2 aromatic rings. The molecule has 3 amide bonds. The van der Waals surface area contributed by atoms with Crippen molar-refractivity contribution >= 4 is 29.2 Å². The number of urea groups is 1. The zero-order valence-electron chi connectivity index (χ0n) is 14.7. The lowest BCUT2D eigenvalue weighted by molar-refractivity contribution is 0.0947. The Morgan fingerprint density at radius 2 is 1.85 bits per heavy atom. The molecule has 2 rings (SSSR count). The van der Waals surface area contributed by atoms with Crippen molar-refractivity contribution in [2.45, 2.75) is 19.9 Å². The van der Waals surface area contributed by atoms with E-state index < -0.39 is 0 Å². The number of halogens is 1. The SMILES string of the molecule is CC(C)NC(=O)Nc1ccc(C(=O)NCCOc2cccc(Cl)c2)cc1. The van der Waals surface area contributed by atoms with Crippen molar-refractivity contribution in [1.82, 2.24) is 10.6 Å². The molecule has 0 atom stereocenters. The van der Waals surface area contributed by atoms with E-state index in [1.807, 2.05) is 13.8 Å². The molecular weight excluding hydrogens is 354 g/mol. The Kier molecular flexibility index (Phi) is 7.29. The lowest BCUT2D eigenvalue weighted by Gasteiger charge is -2.11. The molecule has 0 bridgehead atoms. The fourth-order valence-electron chi connectivity index (χ4n) is 2.13. The van der Waals surface area contributed by atoms with E-state index in [0.29, 0.717) is 35.2 Å². The number of nitrogens with one attached hydrogen (secondary N) is 3. The molecule has 7 heteroatoms. The molecule has 0 spiro atoms. The summed E-state index contributed by atoms with van der Waals surface area (Å²) in [5, 5.41) is 8.80. The first-order valence-corrected chi connectivity index (χ1v) is 8.66. The Bertz CT molecular complexity index is 748. The van der Waals surface area contributed by atoms with Gasteiger partial charge in [0, 0.05) is 22.3 Å². The molecule has 0 aromatic heterocycles. The van der Waals surface area contributed by atoms with Gasteiger partial charge in [0.1, 0.15) is 12.4 Å². The van der Waals surface area contributed by atoms with E-state index in [2.05, 4.69) is 16.0 Å².